The van der Waals surface area contributed by atoms with Gasteiger partial charge < -0.3 is 0 Å². The smallest absolute Gasteiger partial charge is 0.137 e. The van der Waals surface area contributed by atoms with Crippen LogP contribution in [0.5, 0.6) is 0 Å². The van der Waals surface area contributed by atoms with Crippen LogP contribution in [-0.2, 0) is 7.05 Å². The minimum atomic E-state index is 0.500. The Morgan fingerprint density at radius 2 is 1.46 bits per heavy atom. The lowest BCUT2D eigenvalue weighted by Crippen LogP contribution is -1.93. The van der Waals surface area contributed by atoms with Gasteiger partial charge in [-0.2, -0.15) is 5.10 Å². The summed E-state index contributed by atoms with van der Waals surface area (Å²) in [6, 6.07) is 0. The highest BCUT2D eigenvalue weighted by Crippen LogP contribution is 2.07. The summed E-state index contributed by atoms with van der Waals surface area (Å²) in [6.07, 6.45) is 3.14. The molecule has 0 radical (unpaired) electrons. The van der Waals surface area contributed by atoms with Crippen molar-refractivity contribution in [1.29, 1.82) is 0 Å². The molecule has 0 aliphatic rings. The number of hydrogen-bond acceptors (Lipinski definition) is 2. The van der Waals surface area contributed by atoms with Crippen molar-refractivity contribution in [3.8, 4) is 0 Å². The second kappa shape index (κ2) is 7.77. The first-order valence-corrected chi connectivity index (χ1v) is 4.68. The van der Waals surface area contributed by atoms with E-state index in [0.29, 0.717) is 5.41 Å². The first kappa shape index (κ1) is 14.7. The van der Waals surface area contributed by atoms with Crippen LogP contribution in [0, 0.1) is 5.41 Å². The third kappa shape index (κ3) is 24.7. The van der Waals surface area contributed by atoms with Gasteiger partial charge in [0.25, 0.3) is 0 Å². The maximum atomic E-state index is 3.72. The molecular weight excluding hydrogens is 162 g/mol. The van der Waals surface area contributed by atoms with E-state index in [4.69, 9.17) is 0 Å². The number of nitrogens with zero attached hydrogens (tertiary/aromatic N) is 3. The summed E-state index contributed by atoms with van der Waals surface area (Å²) in [5.74, 6) is 0. The fraction of sp³-hybridized carbons (Fsp3) is 0.800. The summed E-state index contributed by atoms with van der Waals surface area (Å²) >= 11 is 0. The van der Waals surface area contributed by atoms with E-state index in [0.717, 1.165) is 0 Å². The van der Waals surface area contributed by atoms with Crippen LogP contribution in [0.15, 0.2) is 12.7 Å². The monoisotopic (exact) mass is 185 g/mol. The first-order chi connectivity index (χ1) is 5.89. The minimum Gasteiger partial charge on any atom is -0.256 e. The van der Waals surface area contributed by atoms with Gasteiger partial charge in [-0.05, 0) is 5.41 Å². The Hall–Kier alpha value is -0.860. The molecule has 3 nitrogen and oxygen atoms in total. The molecule has 0 bridgehead atoms. The molecule has 0 unspecified atom stereocenters. The molecule has 0 N–H and O–H groups in total. The molecule has 0 saturated heterocycles. The van der Waals surface area contributed by atoms with E-state index in [1.54, 1.807) is 11.0 Å². The van der Waals surface area contributed by atoms with Crippen LogP contribution < -0.4 is 0 Å². The summed E-state index contributed by atoms with van der Waals surface area (Å²) in [5, 5.41) is 3.72. The number of hydrogen-bond donors (Lipinski definition) is 0. The van der Waals surface area contributed by atoms with E-state index >= 15 is 0 Å². The zero-order chi connectivity index (χ0) is 10.9. The molecule has 13 heavy (non-hydrogen) atoms. The maximum Gasteiger partial charge on any atom is 0.137 e. The van der Waals surface area contributed by atoms with Gasteiger partial charge >= 0.3 is 0 Å². The molecule has 78 valence electrons. The Kier molecular flexibility index (Phi) is 8.76. The third-order valence-corrected chi connectivity index (χ3v) is 0.534. The van der Waals surface area contributed by atoms with E-state index in [9.17, 15) is 0 Å². The lowest BCUT2D eigenvalue weighted by atomic mass is 10.0. The average molecular weight is 185 g/mol. The van der Waals surface area contributed by atoms with E-state index in [-0.39, 0.29) is 0 Å². The van der Waals surface area contributed by atoms with Crippen molar-refractivity contribution in [2.45, 2.75) is 41.5 Å². The van der Waals surface area contributed by atoms with Gasteiger partial charge in [0.1, 0.15) is 12.7 Å². The van der Waals surface area contributed by atoms with Gasteiger partial charge in [0.2, 0.25) is 0 Å². The summed E-state index contributed by atoms with van der Waals surface area (Å²) in [7, 11) is 1.83. The zero-order valence-electron chi connectivity index (χ0n) is 10.00. The van der Waals surface area contributed by atoms with Crippen molar-refractivity contribution < 1.29 is 0 Å². The van der Waals surface area contributed by atoms with Gasteiger partial charge in [-0.3, -0.25) is 4.68 Å². The lowest BCUT2D eigenvalue weighted by Gasteiger charge is -2.05. The van der Waals surface area contributed by atoms with Gasteiger partial charge in [-0.15, -0.1) is 0 Å². The number of aromatic nitrogens is 3. The Bertz CT molecular complexity index is 167. The number of aryl methyl sites for hydroxylation is 1. The normalized spacial score (nSPS) is 9.15. The van der Waals surface area contributed by atoms with Crippen molar-refractivity contribution in [3.63, 3.8) is 0 Å². The van der Waals surface area contributed by atoms with Gasteiger partial charge in [-0.25, -0.2) is 4.98 Å². The molecule has 1 aromatic heterocycles. The molecule has 1 aromatic rings. The molecule has 0 atom stereocenters. The molecule has 0 saturated carbocycles. The topological polar surface area (TPSA) is 30.7 Å². The molecule has 3 heteroatoms. The van der Waals surface area contributed by atoms with Crippen LogP contribution in [0.2, 0.25) is 0 Å². The first-order valence-electron chi connectivity index (χ1n) is 4.68. The summed E-state index contributed by atoms with van der Waals surface area (Å²) in [5.41, 5.74) is 0.500. The van der Waals surface area contributed by atoms with Crippen molar-refractivity contribution >= 4 is 0 Å². The molecule has 0 spiro atoms. The van der Waals surface area contributed by atoms with Gasteiger partial charge in [-0.1, -0.05) is 41.5 Å². The second-order valence-corrected chi connectivity index (χ2v) is 4.07. The Labute approximate surface area is 82.2 Å². The van der Waals surface area contributed by atoms with E-state index in [1.165, 1.54) is 6.33 Å². The molecule has 1 heterocycles. The highest BCUT2D eigenvalue weighted by atomic mass is 15.3. The van der Waals surface area contributed by atoms with Gasteiger partial charge in [0.05, 0.1) is 0 Å². The van der Waals surface area contributed by atoms with Crippen molar-refractivity contribution in [2.24, 2.45) is 12.5 Å². The fourth-order valence-electron chi connectivity index (χ4n) is 0.267. The fourth-order valence-corrected chi connectivity index (χ4v) is 0.267. The van der Waals surface area contributed by atoms with E-state index < -0.39 is 0 Å². The Balaban J connectivity index is 0. The minimum absolute atomic E-state index is 0.500. The predicted molar refractivity (Wildman–Crippen MR) is 57.5 cm³/mol. The Morgan fingerprint density at radius 3 is 1.54 bits per heavy atom. The molecular formula is C10H23N3. The summed E-state index contributed by atoms with van der Waals surface area (Å²) in [4.78, 5) is 3.67. The standard InChI is InChI=1S/C5H12.C3H5N3.C2H6/c1-5(2,3)4;1-6-3-4-2-5-6;1-2/h1-4H3;2-3H,1H3;1-2H3. The van der Waals surface area contributed by atoms with E-state index in [1.807, 2.05) is 20.9 Å². The van der Waals surface area contributed by atoms with Crippen molar-refractivity contribution in [2.75, 3.05) is 0 Å². The highest BCUT2D eigenvalue weighted by Gasteiger charge is 1.95. The predicted octanol–water partition coefficient (Wildman–Crippen LogP) is 2.89. The van der Waals surface area contributed by atoms with Crippen LogP contribution in [0.25, 0.3) is 0 Å². The molecule has 0 fully saturated rings. The van der Waals surface area contributed by atoms with Crippen molar-refractivity contribution in [1.82, 2.24) is 14.8 Å². The molecule has 0 amide bonds. The molecule has 0 aliphatic heterocycles. The van der Waals surface area contributed by atoms with Crippen LogP contribution in [0.1, 0.15) is 41.5 Å². The zero-order valence-corrected chi connectivity index (χ0v) is 10.00. The Morgan fingerprint density at radius 1 is 1.08 bits per heavy atom. The molecule has 0 aromatic carbocycles. The third-order valence-electron chi connectivity index (χ3n) is 0.534. The largest absolute Gasteiger partial charge is 0.256 e. The van der Waals surface area contributed by atoms with Crippen molar-refractivity contribution in [3.05, 3.63) is 12.7 Å². The number of rotatable bonds is 0. The second-order valence-electron chi connectivity index (χ2n) is 4.07. The molecule has 0 aliphatic carbocycles. The highest BCUT2D eigenvalue weighted by molar-refractivity contribution is 4.49. The SMILES string of the molecule is CC.CC(C)(C)C.Cn1cncn1. The van der Waals surface area contributed by atoms with Crippen LogP contribution >= 0.6 is 0 Å². The quantitative estimate of drug-likeness (QED) is 0.622. The summed E-state index contributed by atoms with van der Waals surface area (Å²) in [6.45, 7) is 12.8. The van der Waals surface area contributed by atoms with Gasteiger partial charge in [0.15, 0.2) is 0 Å². The van der Waals surface area contributed by atoms with Crippen LogP contribution in [0.3, 0.4) is 0 Å². The average Bonchev–Trinajstić information content (AvgIpc) is 2.40. The van der Waals surface area contributed by atoms with E-state index in [2.05, 4.69) is 37.8 Å². The molecule has 1 rings (SSSR count). The van der Waals surface area contributed by atoms with Crippen LogP contribution in [0.4, 0.5) is 0 Å². The lowest BCUT2D eigenvalue weighted by molar-refractivity contribution is 0.469. The maximum absolute atomic E-state index is 3.72. The van der Waals surface area contributed by atoms with Crippen LogP contribution in [-0.4, -0.2) is 14.8 Å². The van der Waals surface area contributed by atoms with Gasteiger partial charge in [0, 0.05) is 7.05 Å². The summed E-state index contributed by atoms with van der Waals surface area (Å²) < 4.78 is 1.64.